The van der Waals surface area contributed by atoms with Gasteiger partial charge in [-0.25, -0.2) is 0 Å². The Morgan fingerprint density at radius 3 is 2.69 bits per heavy atom. The van der Waals surface area contributed by atoms with Crippen LogP contribution in [0.3, 0.4) is 0 Å². The molecule has 0 saturated heterocycles. The molecule has 0 aromatic carbocycles. The smallest absolute Gasteiger partial charge is 0.323 e. The molecule has 0 amide bonds. The molecule has 5 heteroatoms. The van der Waals surface area contributed by atoms with Crippen LogP contribution in [0.2, 0.25) is 0 Å². The first-order valence-corrected chi connectivity index (χ1v) is 4.96. The SMILES string of the molecule is CCCOCCOC(=O)C(N)CS. The lowest BCUT2D eigenvalue weighted by atomic mass is 10.4. The number of carbonyl (C=O) groups excluding carboxylic acids is 1. The van der Waals surface area contributed by atoms with Crippen LogP contribution in [0.5, 0.6) is 0 Å². The molecule has 4 nitrogen and oxygen atoms in total. The monoisotopic (exact) mass is 207 g/mol. The third-order valence-electron chi connectivity index (χ3n) is 1.32. The first-order chi connectivity index (χ1) is 6.22. The van der Waals surface area contributed by atoms with Gasteiger partial charge in [-0.3, -0.25) is 4.79 Å². The van der Waals surface area contributed by atoms with Crippen molar-refractivity contribution in [1.82, 2.24) is 0 Å². The number of hydrogen-bond donors (Lipinski definition) is 2. The number of carbonyl (C=O) groups is 1. The van der Waals surface area contributed by atoms with Crippen molar-refractivity contribution in [2.45, 2.75) is 19.4 Å². The molecule has 13 heavy (non-hydrogen) atoms. The van der Waals surface area contributed by atoms with E-state index < -0.39 is 12.0 Å². The van der Waals surface area contributed by atoms with Crippen LogP contribution in [-0.2, 0) is 14.3 Å². The summed E-state index contributed by atoms with van der Waals surface area (Å²) in [5.74, 6) is -0.121. The second-order valence-corrected chi connectivity index (χ2v) is 2.93. The first kappa shape index (κ1) is 12.7. The molecule has 1 unspecified atom stereocenters. The van der Waals surface area contributed by atoms with Gasteiger partial charge in [0.25, 0.3) is 0 Å². The molecule has 0 aromatic heterocycles. The number of ether oxygens (including phenoxy) is 2. The topological polar surface area (TPSA) is 61.5 Å². The largest absolute Gasteiger partial charge is 0.462 e. The lowest BCUT2D eigenvalue weighted by Crippen LogP contribution is -2.34. The molecule has 0 aliphatic carbocycles. The van der Waals surface area contributed by atoms with Gasteiger partial charge in [-0.2, -0.15) is 12.6 Å². The average molecular weight is 207 g/mol. The summed E-state index contributed by atoms with van der Waals surface area (Å²) < 4.78 is 9.91. The zero-order chi connectivity index (χ0) is 10.1. The van der Waals surface area contributed by atoms with E-state index >= 15 is 0 Å². The summed E-state index contributed by atoms with van der Waals surface area (Å²) in [6.07, 6.45) is 0.962. The van der Waals surface area contributed by atoms with Crippen molar-refractivity contribution in [3.8, 4) is 0 Å². The predicted molar refractivity (Wildman–Crippen MR) is 53.9 cm³/mol. The second-order valence-electron chi connectivity index (χ2n) is 2.57. The van der Waals surface area contributed by atoms with E-state index in [0.29, 0.717) is 19.0 Å². The average Bonchev–Trinajstić information content (AvgIpc) is 2.16. The summed E-state index contributed by atoms with van der Waals surface area (Å²) in [5.41, 5.74) is 5.37. The van der Waals surface area contributed by atoms with Gasteiger partial charge in [-0.05, 0) is 6.42 Å². The fourth-order valence-electron chi connectivity index (χ4n) is 0.629. The van der Waals surface area contributed by atoms with Crippen molar-refractivity contribution < 1.29 is 14.3 Å². The van der Waals surface area contributed by atoms with Crippen molar-refractivity contribution in [3.05, 3.63) is 0 Å². The number of thiol groups is 1. The molecule has 0 aliphatic rings. The molecular weight excluding hydrogens is 190 g/mol. The van der Waals surface area contributed by atoms with Gasteiger partial charge in [0.05, 0.1) is 6.61 Å². The Hall–Kier alpha value is -0.260. The van der Waals surface area contributed by atoms with Gasteiger partial charge in [0.15, 0.2) is 0 Å². The van der Waals surface area contributed by atoms with E-state index in [1.807, 2.05) is 6.92 Å². The highest BCUT2D eigenvalue weighted by atomic mass is 32.1. The lowest BCUT2D eigenvalue weighted by molar-refractivity contribution is -0.146. The van der Waals surface area contributed by atoms with E-state index in [-0.39, 0.29) is 6.61 Å². The second kappa shape index (κ2) is 8.34. The van der Waals surface area contributed by atoms with Gasteiger partial charge in [0.1, 0.15) is 12.6 Å². The van der Waals surface area contributed by atoms with E-state index in [9.17, 15) is 4.79 Å². The Balaban J connectivity index is 3.27. The van der Waals surface area contributed by atoms with Crippen LogP contribution in [0, 0.1) is 0 Å². The van der Waals surface area contributed by atoms with E-state index in [2.05, 4.69) is 12.6 Å². The first-order valence-electron chi connectivity index (χ1n) is 4.33. The molecule has 0 heterocycles. The highest BCUT2D eigenvalue weighted by Gasteiger charge is 2.11. The summed E-state index contributed by atoms with van der Waals surface area (Å²) in [4.78, 5) is 11.0. The molecule has 1 atom stereocenters. The summed E-state index contributed by atoms with van der Waals surface area (Å²) in [6.45, 7) is 3.40. The maximum Gasteiger partial charge on any atom is 0.323 e. The van der Waals surface area contributed by atoms with Crippen LogP contribution in [-0.4, -0.2) is 37.6 Å². The minimum absolute atomic E-state index is 0.264. The van der Waals surface area contributed by atoms with Gasteiger partial charge < -0.3 is 15.2 Å². The van der Waals surface area contributed by atoms with E-state index in [0.717, 1.165) is 6.42 Å². The fraction of sp³-hybridized carbons (Fsp3) is 0.875. The quantitative estimate of drug-likeness (QED) is 0.356. The predicted octanol–water partition coefficient (Wildman–Crippen LogP) is 0.213. The molecule has 0 aromatic rings. The number of hydrogen-bond acceptors (Lipinski definition) is 5. The Bertz CT molecular complexity index is 143. The van der Waals surface area contributed by atoms with Gasteiger partial charge in [-0.15, -0.1) is 0 Å². The highest BCUT2D eigenvalue weighted by Crippen LogP contribution is 1.89. The molecule has 0 spiro atoms. The molecule has 0 bridgehead atoms. The number of rotatable bonds is 7. The van der Waals surface area contributed by atoms with E-state index in [1.54, 1.807) is 0 Å². The van der Waals surface area contributed by atoms with Crippen LogP contribution < -0.4 is 5.73 Å². The van der Waals surface area contributed by atoms with E-state index in [4.69, 9.17) is 15.2 Å². The van der Waals surface area contributed by atoms with Crippen LogP contribution in [0.1, 0.15) is 13.3 Å². The lowest BCUT2D eigenvalue weighted by Gasteiger charge is -2.08. The van der Waals surface area contributed by atoms with Crippen LogP contribution in [0.25, 0.3) is 0 Å². The van der Waals surface area contributed by atoms with Crippen molar-refractivity contribution in [3.63, 3.8) is 0 Å². The zero-order valence-electron chi connectivity index (χ0n) is 7.86. The van der Waals surface area contributed by atoms with Gasteiger partial charge >= 0.3 is 5.97 Å². The van der Waals surface area contributed by atoms with Crippen LogP contribution in [0.4, 0.5) is 0 Å². The minimum Gasteiger partial charge on any atom is -0.462 e. The molecule has 0 aliphatic heterocycles. The van der Waals surface area contributed by atoms with Gasteiger partial charge in [0.2, 0.25) is 0 Å². The third-order valence-corrected chi connectivity index (χ3v) is 1.71. The number of esters is 1. The molecule has 0 radical (unpaired) electrons. The third kappa shape index (κ3) is 6.86. The summed E-state index contributed by atoms with van der Waals surface area (Å²) in [6, 6.07) is -0.630. The van der Waals surface area contributed by atoms with E-state index in [1.165, 1.54) is 0 Å². The highest BCUT2D eigenvalue weighted by molar-refractivity contribution is 7.80. The van der Waals surface area contributed by atoms with Crippen molar-refractivity contribution >= 4 is 18.6 Å². The normalized spacial score (nSPS) is 12.5. The maximum absolute atomic E-state index is 11.0. The fourth-order valence-corrected chi connectivity index (χ4v) is 0.778. The molecule has 78 valence electrons. The Labute approximate surface area is 84.2 Å². The Kier molecular flexibility index (Phi) is 8.18. The molecular formula is C8H17NO3S. The number of nitrogens with two attached hydrogens (primary N) is 1. The van der Waals surface area contributed by atoms with Crippen molar-refractivity contribution in [2.24, 2.45) is 5.73 Å². The summed E-state index contributed by atoms with van der Waals surface area (Å²) >= 11 is 3.88. The zero-order valence-corrected chi connectivity index (χ0v) is 8.76. The van der Waals surface area contributed by atoms with Crippen LogP contribution >= 0.6 is 12.6 Å². The minimum atomic E-state index is -0.630. The molecule has 0 fully saturated rings. The maximum atomic E-state index is 11.0. The van der Waals surface area contributed by atoms with Crippen molar-refractivity contribution in [1.29, 1.82) is 0 Å². The Morgan fingerprint density at radius 1 is 1.46 bits per heavy atom. The molecule has 2 N–H and O–H groups in total. The van der Waals surface area contributed by atoms with Gasteiger partial charge in [-0.1, -0.05) is 6.92 Å². The van der Waals surface area contributed by atoms with Gasteiger partial charge in [0, 0.05) is 12.4 Å². The molecule has 0 rings (SSSR count). The van der Waals surface area contributed by atoms with Crippen molar-refractivity contribution in [2.75, 3.05) is 25.6 Å². The summed E-state index contributed by atoms with van der Waals surface area (Å²) in [7, 11) is 0. The summed E-state index contributed by atoms with van der Waals surface area (Å²) in [5, 5.41) is 0. The molecule has 0 saturated carbocycles. The Morgan fingerprint density at radius 2 is 2.15 bits per heavy atom. The standard InChI is InChI=1S/C8H17NO3S/c1-2-3-11-4-5-12-8(10)7(9)6-13/h7,13H,2-6,9H2,1H3. The van der Waals surface area contributed by atoms with Crippen LogP contribution in [0.15, 0.2) is 0 Å².